The third-order valence-electron chi connectivity index (χ3n) is 11.9. The van der Waals surface area contributed by atoms with E-state index >= 15 is 0 Å². The Hall–Kier alpha value is -7.06. The third-order valence-corrected chi connectivity index (χ3v) is 12.8. The first kappa shape index (κ1) is 35.1. The molecule has 11 aromatic carbocycles. The van der Waals surface area contributed by atoms with Crippen molar-refractivity contribution in [3.05, 3.63) is 229 Å². The molecule has 0 aliphatic heterocycles. The summed E-state index contributed by atoms with van der Waals surface area (Å²) in [6.45, 7) is 0. The Labute approximate surface area is 352 Å². The molecule has 0 radical (unpaired) electrons. The van der Waals surface area contributed by atoms with Crippen molar-refractivity contribution in [2.75, 3.05) is 0 Å². The number of fused-ring (bicyclic) bond motifs is 4. The zero-order chi connectivity index (χ0) is 39.3. The van der Waals surface area contributed by atoms with Gasteiger partial charge in [0.05, 0.1) is 0 Å². The lowest BCUT2D eigenvalue weighted by Crippen LogP contribution is -1.94. The van der Waals surface area contributed by atoms with E-state index in [-0.39, 0.29) is 0 Å². The van der Waals surface area contributed by atoms with Gasteiger partial charge in [0.25, 0.3) is 0 Å². The van der Waals surface area contributed by atoms with Crippen molar-refractivity contribution in [1.29, 1.82) is 0 Å². The first-order chi connectivity index (χ1) is 29.2. The standard InChI is InChI=1S/C58H37Br/c59-58-51-25-13-11-23-49(51)56(50-24-12-14-26-52(50)58)42-29-27-38(28-30-42)46-36-53(39-15-3-1-4-16-39)57(54(37-46)40-17-5-2-6-18-40)43-33-31-41(32-34-43)55-47-21-9-7-19-44(47)35-45-20-8-10-22-48(45)55/h1-37H. The van der Waals surface area contributed by atoms with Crippen LogP contribution in [0.3, 0.4) is 0 Å². The highest BCUT2D eigenvalue weighted by atomic mass is 79.9. The number of benzene rings is 11. The Morgan fingerprint density at radius 3 is 1.02 bits per heavy atom. The van der Waals surface area contributed by atoms with E-state index in [1.54, 1.807) is 0 Å². The fraction of sp³-hybridized carbons (Fsp3) is 0. The van der Waals surface area contributed by atoms with Gasteiger partial charge in [0.1, 0.15) is 0 Å². The second-order valence-corrected chi connectivity index (χ2v) is 16.1. The van der Waals surface area contributed by atoms with Gasteiger partial charge in [0.15, 0.2) is 0 Å². The molecule has 0 saturated carbocycles. The quantitative estimate of drug-likeness (QED) is 0.147. The third kappa shape index (κ3) is 6.14. The highest BCUT2D eigenvalue weighted by molar-refractivity contribution is 9.10. The largest absolute Gasteiger partial charge is 0.0622 e. The molecule has 11 aromatic rings. The van der Waals surface area contributed by atoms with Crippen LogP contribution in [0.4, 0.5) is 0 Å². The maximum Gasteiger partial charge on any atom is 0.0332 e. The van der Waals surface area contributed by atoms with Gasteiger partial charge in [0.2, 0.25) is 0 Å². The van der Waals surface area contributed by atoms with Gasteiger partial charge >= 0.3 is 0 Å². The average Bonchev–Trinajstić information content (AvgIpc) is 3.31. The van der Waals surface area contributed by atoms with E-state index in [4.69, 9.17) is 0 Å². The molecule has 59 heavy (non-hydrogen) atoms. The summed E-state index contributed by atoms with van der Waals surface area (Å²) in [5, 5.41) is 9.98. The molecule has 0 saturated heterocycles. The molecular formula is C58H37Br. The van der Waals surface area contributed by atoms with Gasteiger partial charge < -0.3 is 0 Å². The van der Waals surface area contributed by atoms with E-state index in [1.165, 1.54) is 110 Å². The summed E-state index contributed by atoms with van der Waals surface area (Å²) in [7, 11) is 0. The minimum absolute atomic E-state index is 1.14. The molecule has 0 bridgehead atoms. The lowest BCUT2D eigenvalue weighted by molar-refractivity contribution is 1.54. The Morgan fingerprint density at radius 1 is 0.220 bits per heavy atom. The van der Waals surface area contributed by atoms with Crippen LogP contribution in [0.15, 0.2) is 229 Å². The minimum Gasteiger partial charge on any atom is -0.0622 e. The summed E-state index contributed by atoms with van der Waals surface area (Å²) in [5.41, 5.74) is 14.5. The lowest BCUT2D eigenvalue weighted by Gasteiger charge is -2.20. The van der Waals surface area contributed by atoms with Crippen LogP contribution < -0.4 is 0 Å². The van der Waals surface area contributed by atoms with Gasteiger partial charge in [-0.15, -0.1) is 0 Å². The van der Waals surface area contributed by atoms with E-state index in [2.05, 4.69) is 240 Å². The van der Waals surface area contributed by atoms with Crippen molar-refractivity contribution >= 4 is 59.0 Å². The number of hydrogen-bond donors (Lipinski definition) is 0. The van der Waals surface area contributed by atoms with Crippen molar-refractivity contribution in [2.24, 2.45) is 0 Å². The van der Waals surface area contributed by atoms with Crippen molar-refractivity contribution in [3.8, 4) is 66.8 Å². The SMILES string of the molecule is Brc1c2ccccc2c(-c2ccc(-c3cc(-c4ccccc4)c(-c4ccc(-c5c6ccccc6cc6ccccc56)cc4)c(-c4ccccc4)c3)cc2)c2ccccc12. The van der Waals surface area contributed by atoms with Gasteiger partial charge in [-0.25, -0.2) is 0 Å². The molecule has 0 spiro atoms. The molecule has 0 aliphatic carbocycles. The molecule has 276 valence electrons. The summed E-state index contributed by atoms with van der Waals surface area (Å²) < 4.78 is 1.14. The number of hydrogen-bond acceptors (Lipinski definition) is 0. The highest BCUT2D eigenvalue weighted by Crippen LogP contribution is 2.46. The van der Waals surface area contributed by atoms with E-state index in [9.17, 15) is 0 Å². The molecule has 0 nitrogen and oxygen atoms in total. The van der Waals surface area contributed by atoms with Gasteiger partial charge in [0, 0.05) is 4.47 Å². The first-order valence-corrected chi connectivity index (χ1v) is 21.0. The Balaban J connectivity index is 1.09. The Morgan fingerprint density at radius 2 is 0.559 bits per heavy atom. The van der Waals surface area contributed by atoms with E-state index in [1.807, 2.05) is 0 Å². The van der Waals surface area contributed by atoms with Gasteiger partial charge in [-0.05, 0) is 144 Å². The minimum atomic E-state index is 1.14. The monoisotopic (exact) mass is 812 g/mol. The zero-order valence-electron chi connectivity index (χ0n) is 32.2. The maximum atomic E-state index is 3.94. The zero-order valence-corrected chi connectivity index (χ0v) is 33.8. The second-order valence-electron chi connectivity index (χ2n) is 15.3. The molecule has 0 aliphatic rings. The summed E-state index contributed by atoms with van der Waals surface area (Å²) in [4.78, 5) is 0. The summed E-state index contributed by atoms with van der Waals surface area (Å²) in [6, 6.07) is 82.2. The van der Waals surface area contributed by atoms with Crippen molar-refractivity contribution < 1.29 is 0 Å². The molecule has 0 unspecified atom stereocenters. The smallest absolute Gasteiger partial charge is 0.0332 e. The topological polar surface area (TPSA) is 0 Å². The van der Waals surface area contributed by atoms with Crippen LogP contribution in [0, 0.1) is 0 Å². The maximum absolute atomic E-state index is 3.94. The van der Waals surface area contributed by atoms with E-state index < -0.39 is 0 Å². The molecule has 0 heterocycles. The van der Waals surface area contributed by atoms with Crippen LogP contribution in [0.2, 0.25) is 0 Å². The molecule has 0 amide bonds. The predicted octanol–water partition coefficient (Wildman–Crippen LogP) is 17.1. The van der Waals surface area contributed by atoms with Gasteiger partial charge in [-0.3, -0.25) is 0 Å². The van der Waals surface area contributed by atoms with Crippen LogP contribution in [-0.4, -0.2) is 0 Å². The lowest BCUT2D eigenvalue weighted by atomic mass is 9.84. The van der Waals surface area contributed by atoms with Crippen LogP contribution in [-0.2, 0) is 0 Å². The molecule has 11 rings (SSSR count). The number of rotatable bonds is 6. The molecule has 0 N–H and O–H groups in total. The summed E-state index contributed by atoms with van der Waals surface area (Å²) >= 11 is 3.94. The van der Waals surface area contributed by atoms with Crippen molar-refractivity contribution in [3.63, 3.8) is 0 Å². The predicted molar refractivity (Wildman–Crippen MR) is 257 cm³/mol. The van der Waals surface area contributed by atoms with E-state index in [0.29, 0.717) is 0 Å². The second kappa shape index (κ2) is 14.7. The Bertz CT molecular complexity index is 3170. The molecule has 0 atom stereocenters. The molecular weight excluding hydrogens is 777 g/mol. The van der Waals surface area contributed by atoms with Gasteiger partial charge in [-0.2, -0.15) is 0 Å². The van der Waals surface area contributed by atoms with E-state index in [0.717, 1.165) is 4.47 Å². The number of halogens is 1. The summed E-state index contributed by atoms with van der Waals surface area (Å²) in [6.07, 6.45) is 0. The molecule has 0 aromatic heterocycles. The average molecular weight is 814 g/mol. The highest BCUT2D eigenvalue weighted by Gasteiger charge is 2.19. The molecule has 1 heteroatoms. The van der Waals surface area contributed by atoms with Crippen LogP contribution in [0.25, 0.3) is 110 Å². The van der Waals surface area contributed by atoms with Crippen molar-refractivity contribution in [1.82, 2.24) is 0 Å². The van der Waals surface area contributed by atoms with Crippen LogP contribution in [0.1, 0.15) is 0 Å². The first-order valence-electron chi connectivity index (χ1n) is 20.2. The van der Waals surface area contributed by atoms with Crippen molar-refractivity contribution in [2.45, 2.75) is 0 Å². The normalized spacial score (nSPS) is 11.5. The molecule has 0 fully saturated rings. The Kier molecular flexibility index (Phi) is 8.76. The van der Waals surface area contributed by atoms with Gasteiger partial charge in [-0.1, -0.05) is 206 Å². The fourth-order valence-corrected chi connectivity index (χ4v) is 9.85. The fourth-order valence-electron chi connectivity index (χ4n) is 9.15. The van der Waals surface area contributed by atoms with Crippen LogP contribution in [0.5, 0.6) is 0 Å². The summed E-state index contributed by atoms with van der Waals surface area (Å²) in [5.74, 6) is 0. The van der Waals surface area contributed by atoms with Crippen LogP contribution >= 0.6 is 15.9 Å².